The van der Waals surface area contributed by atoms with Gasteiger partial charge in [-0.05, 0) is 43.2 Å². The highest BCUT2D eigenvalue weighted by atomic mass is 19.3. The van der Waals surface area contributed by atoms with Crippen molar-refractivity contribution >= 4 is 27.6 Å². The summed E-state index contributed by atoms with van der Waals surface area (Å²) in [6.45, 7) is -1.47. The zero-order valence-electron chi connectivity index (χ0n) is 16.6. The first-order valence-corrected chi connectivity index (χ1v) is 10.1. The minimum atomic E-state index is -2.91. The van der Waals surface area contributed by atoms with E-state index >= 15 is 0 Å². The van der Waals surface area contributed by atoms with E-state index in [4.69, 9.17) is 4.98 Å². The third-order valence-electron chi connectivity index (χ3n) is 5.76. The van der Waals surface area contributed by atoms with E-state index in [1.54, 1.807) is 6.07 Å². The minimum absolute atomic E-state index is 0.0535. The molecule has 1 N–H and O–H groups in total. The molecule has 1 aliphatic rings. The van der Waals surface area contributed by atoms with Gasteiger partial charge in [-0.2, -0.15) is 14.0 Å². The van der Waals surface area contributed by atoms with Crippen molar-refractivity contribution in [2.75, 3.05) is 18.0 Å². The smallest absolute Gasteiger partial charge is 0.387 e. The lowest BCUT2D eigenvalue weighted by molar-refractivity contribution is -0.0497. The van der Waals surface area contributed by atoms with Crippen LogP contribution >= 0.6 is 0 Å². The van der Waals surface area contributed by atoms with Crippen molar-refractivity contribution in [1.29, 1.82) is 5.26 Å². The van der Waals surface area contributed by atoms with Gasteiger partial charge in [-0.15, -0.1) is 0 Å². The lowest BCUT2D eigenvalue weighted by Gasteiger charge is -2.34. The fourth-order valence-corrected chi connectivity index (χ4v) is 4.30. The van der Waals surface area contributed by atoms with Crippen LogP contribution < -0.4 is 9.64 Å². The molecule has 3 heterocycles. The first-order chi connectivity index (χ1) is 15.1. The number of H-pyrrole nitrogens is 1. The molecule has 0 spiro atoms. The number of benzene rings is 2. The van der Waals surface area contributed by atoms with E-state index in [-0.39, 0.29) is 5.75 Å². The number of nitrogens with one attached hydrogen (secondary N) is 1. The second-order valence-corrected chi connectivity index (χ2v) is 7.59. The van der Waals surface area contributed by atoms with E-state index in [0.717, 1.165) is 48.5 Å². The lowest BCUT2D eigenvalue weighted by Crippen LogP contribution is -2.34. The second kappa shape index (κ2) is 7.84. The predicted octanol–water partition coefficient (Wildman–Crippen LogP) is 4.97. The molecule has 0 bridgehead atoms. The van der Waals surface area contributed by atoms with Crippen LogP contribution in [-0.4, -0.2) is 34.7 Å². The van der Waals surface area contributed by atoms with Crippen LogP contribution in [0.15, 0.2) is 48.7 Å². The molecule has 8 heteroatoms. The van der Waals surface area contributed by atoms with Gasteiger partial charge in [0.05, 0.1) is 27.8 Å². The van der Waals surface area contributed by atoms with Crippen molar-refractivity contribution in [3.05, 3.63) is 60.0 Å². The number of para-hydroxylation sites is 2. The van der Waals surface area contributed by atoms with Crippen LogP contribution in [0.2, 0.25) is 0 Å². The molecule has 2 aromatic heterocycles. The van der Waals surface area contributed by atoms with Crippen LogP contribution in [0.5, 0.6) is 5.75 Å². The van der Waals surface area contributed by atoms with Crippen LogP contribution in [0.1, 0.15) is 30.1 Å². The largest absolute Gasteiger partial charge is 0.435 e. The first-order valence-electron chi connectivity index (χ1n) is 10.1. The average Bonchev–Trinajstić information content (AvgIpc) is 3.22. The number of hydrogen-bond donors (Lipinski definition) is 1. The number of halogens is 2. The normalized spacial score (nSPS) is 15.0. The molecular weight excluding hydrogens is 400 g/mol. The predicted molar refractivity (Wildman–Crippen MR) is 113 cm³/mol. The summed E-state index contributed by atoms with van der Waals surface area (Å²) in [7, 11) is 0. The number of pyridine rings is 1. The van der Waals surface area contributed by atoms with Gasteiger partial charge in [0.2, 0.25) is 0 Å². The zero-order valence-corrected chi connectivity index (χ0v) is 16.6. The summed E-state index contributed by atoms with van der Waals surface area (Å²) in [6, 6.07) is 14.8. The van der Waals surface area contributed by atoms with E-state index in [1.165, 1.54) is 18.3 Å². The summed E-state index contributed by atoms with van der Waals surface area (Å²) in [5, 5.41) is 10.3. The Morgan fingerprint density at radius 1 is 1.13 bits per heavy atom. The van der Waals surface area contributed by atoms with Crippen LogP contribution in [0, 0.1) is 11.3 Å². The third kappa shape index (κ3) is 3.63. The third-order valence-corrected chi connectivity index (χ3v) is 5.76. The number of nitrogens with zero attached hydrogens (tertiary/aromatic N) is 4. The highest BCUT2D eigenvalue weighted by Gasteiger charge is 2.26. The molecule has 0 saturated carbocycles. The monoisotopic (exact) mass is 419 g/mol. The summed E-state index contributed by atoms with van der Waals surface area (Å²) in [5.74, 6) is 1.33. The Labute approximate surface area is 177 Å². The number of ether oxygens (including phenoxy) is 1. The van der Waals surface area contributed by atoms with Crippen molar-refractivity contribution in [3.63, 3.8) is 0 Å². The van der Waals surface area contributed by atoms with Gasteiger partial charge in [-0.1, -0.05) is 12.1 Å². The Hall–Kier alpha value is -3.73. The van der Waals surface area contributed by atoms with Crippen molar-refractivity contribution in [2.45, 2.75) is 25.4 Å². The Morgan fingerprint density at radius 3 is 2.68 bits per heavy atom. The highest BCUT2D eigenvalue weighted by molar-refractivity contribution is 5.95. The van der Waals surface area contributed by atoms with Crippen LogP contribution in [0.25, 0.3) is 21.9 Å². The Morgan fingerprint density at radius 2 is 1.94 bits per heavy atom. The minimum Gasteiger partial charge on any atom is -0.435 e. The molecule has 1 saturated heterocycles. The van der Waals surface area contributed by atoms with E-state index in [0.29, 0.717) is 22.4 Å². The summed E-state index contributed by atoms with van der Waals surface area (Å²) in [4.78, 5) is 14.6. The van der Waals surface area contributed by atoms with Gasteiger partial charge in [-0.3, -0.25) is 4.98 Å². The van der Waals surface area contributed by atoms with Gasteiger partial charge < -0.3 is 14.6 Å². The Balaban J connectivity index is 1.44. The lowest BCUT2D eigenvalue weighted by atomic mass is 9.95. The van der Waals surface area contributed by atoms with Crippen molar-refractivity contribution in [2.24, 2.45) is 0 Å². The number of piperidine rings is 1. The molecule has 1 fully saturated rings. The van der Waals surface area contributed by atoms with Gasteiger partial charge in [-0.25, -0.2) is 4.98 Å². The van der Waals surface area contributed by atoms with Crippen LogP contribution in [-0.2, 0) is 0 Å². The molecule has 0 atom stereocenters. The van der Waals surface area contributed by atoms with Gasteiger partial charge >= 0.3 is 6.61 Å². The summed E-state index contributed by atoms with van der Waals surface area (Å²) < 4.78 is 30.0. The number of fused-ring (bicyclic) bond motifs is 2. The maximum Gasteiger partial charge on any atom is 0.387 e. The van der Waals surface area contributed by atoms with E-state index in [1.807, 2.05) is 24.3 Å². The molecular formula is C23H19F2N5O. The molecule has 0 unspecified atom stereocenters. The Kier molecular flexibility index (Phi) is 4.86. The van der Waals surface area contributed by atoms with Crippen molar-refractivity contribution < 1.29 is 13.5 Å². The quantitative estimate of drug-likeness (QED) is 0.505. The van der Waals surface area contributed by atoms with Crippen LogP contribution in [0.4, 0.5) is 14.5 Å². The Bertz CT molecular complexity index is 1260. The zero-order chi connectivity index (χ0) is 21.4. The molecule has 6 nitrogen and oxygen atoms in total. The van der Waals surface area contributed by atoms with Crippen molar-refractivity contribution in [3.8, 4) is 11.8 Å². The number of hydrogen-bond acceptors (Lipinski definition) is 5. The van der Waals surface area contributed by atoms with Gasteiger partial charge in [0.1, 0.15) is 17.6 Å². The molecule has 31 heavy (non-hydrogen) atoms. The van der Waals surface area contributed by atoms with Crippen LogP contribution in [0.3, 0.4) is 0 Å². The van der Waals surface area contributed by atoms with Crippen molar-refractivity contribution in [1.82, 2.24) is 15.0 Å². The fraction of sp³-hybridized carbons (Fsp3) is 0.261. The van der Waals surface area contributed by atoms with E-state index in [9.17, 15) is 14.0 Å². The fourth-order valence-electron chi connectivity index (χ4n) is 4.30. The number of alkyl halides is 2. The maximum absolute atomic E-state index is 12.7. The number of aromatic amines is 1. The summed E-state index contributed by atoms with van der Waals surface area (Å²) >= 11 is 0. The number of aromatic nitrogens is 3. The number of rotatable bonds is 4. The SMILES string of the molecule is N#Cc1cnc2ccc(OC(F)F)cc2c1N1CCC(c2nc3ccccc3[nH]2)CC1. The summed E-state index contributed by atoms with van der Waals surface area (Å²) in [6.07, 6.45) is 3.26. The maximum atomic E-state index is 12.7. The standard InChI is InChI=1S/C23H19F2N5O/c24-23(25)31-16-5-6-18-17(11-16)21(15(12-26)13-27-18)30-9-7-14(8-10-30)22-28-19-3-1-2-4-20(19)29-22/h1-6,11,13-14,23H,7-10H2,(H,28,29). The second-order valence-electron chi connectivity index (χ2n) is 7.59. The van der Waals surface area contributed by atoms with Gasteiger partial charge in [0, 0.05) is 30.6 Å². The van der Waals surface area contributed by atoms with E-state index in [2.05, 4.69) is 25.7 Å². The first kappa shape index (κ1) is 19.2. The molecule has 0 aliphatic carbocycles. The molecule has 1 aliphatic heterocycles. The number of nitriles is 1. The topological polar surface area (TPSA) is 77.8 Å². The van der Waals surface area contributed by atoms with E-state index < -0.39 is 6.61 Å². The summed E-state index contributed by atoms with van der Waals surface area (Å²) in [5.41, 5.74) is 3.76. The molecule has 5 rings (SSSR count). The molecule has 4 aromatic rings. The number of imidazole rings is 1. The highest BCUT2D eigenvalue weighted by Crippen LogP contribution is 2.36. The number of anilines is 1. The molecule has 156 valence electrons. The van der Waals surface area contributed by atoms with Gasteiger partial charge in [0.15, 0.2) is 0 Å². The molecule has 0 radical (unpaired) electrons. The average molecular weight is 419 g/mol. The molecule has 2 aromatic carbocycles. The van der Waals surface area contributed by atoms with Gasteiger partial charge in [0.25, 0.3) is 0 Å². The molecule has 0 amide bonds.